The number of nitrogens with zero attached hydrogens (tertiary/aromatic N) is 1. The molecule has 1 fully saturated rings. The van der Waals surface area contributed by atoms with Crippen LogP contribution in [0.15, 0.2) is 42.5 Å². The monoisotopic (exact) mass is 358 g/mol. The number of hydrogen-bond donors (Lipinski definition) is 1. The van der Waals surface area contributed by atoms with E-state index in [9.17, 15) is 14.0 Å². The molecule has 2 aromatic rings. The molecular formula is C19H19FN2O4. The first kappa shape index (κ1) is 17.7. The molecule has 26 heavy (non-hydrogen) atoms. The Balaban J connectivity index is 1.72. The van der Waals surface area contributed by atoms with Crippen molar-refractivity contribution in [3.63, 3.8) is 0 Å². The number of halogens is 1. The lowest BCUT2D eigenvalue weighted by Crippen LogP contribution is -2.28. The van der Waals surface area contributed by atoms with Gasteiger partial charge in [-0.3, -0.25) is 9.59 Å². The molecule has 0 radical (unpaired) electrons. The van der Waals surface area contributed by atoms with Gasteiger partial charge in [-0.1, -0.05) is 6.07 Å². The van der Waals surface area contributed by atoms with Crippen LogP contribution in [-0.2, 0) is 9.59 Å². The molecule has 1 saturated heterocycles. The third-order valence-corrected chi connectivity index (χ3v) is 4.28. The van der Waals surface area contributed by atoms with Crippen LogP contribution in [0, 0.1) is 11.7 Å². The SMILES string of the molecule is COc1ccc(NC(=O)C2CC(=O)N(c3cccc(F)c3)C2)c(OC)c1. The first-order valence-electron chi connectivity index (χ1n) is 8.10. The number of nitrogens with one attached hydrogen (secondary N) is 1. The predicted molar refractivity (Wildman–Crippen MR) is 95.0 cm³/mol. The maximum atomic E-state index is 13.4. The van der Waals surface area contributed by atoms with Crippen LogP contribution in [0.25, 0.3) is 0 Å². The molecule has 0 aliphatic carbocycles. The first-order valence-corrected chi connectivity index (χ1v) is 8.10. The van der Waals surface area contributed by atoms with Crippen LogP contribution in [0.5, 0.6) is 11.5 Å². The zero-order valence-electron chi connectivity index (χ0n) is 14.5. The number of carbonyl (C=O) groups is 2. The van der Waals surface area contributed by atoms with Gasteiger partial charge in [0.1, 0.15) is 17.3 Å². The van der Waals surface area contributed by atoms with E-state index in [1.165, 1.54) is 37.3 Å². The average Bonchev–Trinajstić information content (AvgIpc) is 3.04. The topological polar surface area (TPSA) is 67.9 Å². The Morgan fingerprint density at radius 1 is 1.19 bits per heavy atom. The first-order chi connectivity index (χ1) is 12.5. The molecular weight excluding hydrogens is 339 g/mol. The van der Waals surface area contributed by atoms with Gasteiger partial charge in [0.15, 0.2) is 0 Å². The van der Waals surface area contributed by atoms with E-state index in [-0.39, 0.29) is 24.8 Å². The molecule has 1 unspecified atom stereocenters. The largest absolute Gasteiger partial charge is 0.497 e. The van der Waals surface area contributed by atoms with Gasteiger partial charge in [-0.25, -0.2) is 4.39 Å². The van der Waals surface area contributed by atoms with Gasteiger partial charge in [0, 0.05) is 24.7 Å². The van der Waals surface area contributed by atoms with Crippen LogP contribution in [0.3, 0.4) is 0 Å². The van der Waals surface area contributed by atoms with Crippen LogP contribution < -0.4 is 19.7 Å². The molecule has 6 nitrogen and oxygen atoms in total. The van der Waals surface area contributed by atoms with Crippen molar-refractivity contribution in [2.24, 2.45) is 5.92 Å². The molecule has 1 aliphatic rings. The Bertz CT molecular complexity index is 840. The van der Waals surface area contributed by atoms with E-state index in [4.69, 9.17) is 9.47 Å². The lowest BCUT2D eigenvalue weighted by atomic mass is 10.1. The van der Waals surface area contributed by atoms with Crippen LogP contribution >= 0.6 is 0 Å². The number of ether oxygens (including phenoxy) is 2. The van der Waals surface area contributed by atoms with Crippen molar-refractivity contribution < 1.29 is 23.5 Å². The molecule has 2 amide bonds. The van der Waals surface area contributed by atoms with E-state index in [0.717, 1.165) is 0 Å². The van der Waals surface area contributed by atoms with Crippen molar-refractivity contribution in [2.45, 2.75) is 6.42 Å². The number of amides is 2. The maximum Gasteiger partial charge on any atom is 0.229 e. The minimum Gasteiger partial charge on any atom is -0.497 e. The lowest BCUT2D eigenvalue weighted by Gasteiger charge is -2.17. The molecule has 0 spiro atoms. The summed E-state index contributed by atoms with van der Waals surface area (Å²) in [5.74, 6) is -0.390. The van der Waals surface area contributed by atoms with Gasteiger partial charge < -0.3 is 19.7 Å². The maximum absolute atomic E-state index is 13.4. The van der Waals surface area contributed by atoms with Crippen molar-refractivity contribution in [1.29, 1.82) is 0 Å². The molecule has 1 atom stereocenters. The quantitative estimate of drug-likeness (QED) is 0.892. The minimum absolute atomic E-state index is 0.0703. The van der Waals surface area contributed by atoms with E-state index in [1.54, 1.807) is 24.3 Å². The Labute approximate surface area is 150 Å². The summed E-state index contributed by atoms with van der Waals surface area (Å²) in [4.78, 5) is 26.2. The standard InChI is InChI=1S/C19H19FN2O4/c1-25-15-6-7-16(17(10-15)26-2)21-19(24)12-8-18(23)22(11-12)14-5-3-4-13(20)9-14/h3-7,9-10,12H,8,11H2,1-2H3,(H,21,24). The van der Waals surface area contributed by atoms with Crippen LogP contribution in [0.1, 0.15) is 6.42 Å². The Morgan fingerprint density at radius 2 is 2.00 bits per heavy atom. The number of benzene rings is 2. The van der Waals surface area contributed by atoms with Gasteiger partial charge in [0.2, 0.25) is 11.8 Å². The second kappa shape index (κ2) is 7.43. The van der Waals surface area contributed by atoms with Gasteiger partial charge in [-0.2, -0.15) is 0 Å². The summed E-state index contributed by atoms with van der Waals surface area (Å²) in [6.45, 7) is 0.201. The highest BCUT2D eigenvalue weighted by atomic mass is 19.1. The number of anilines is 2. The number of methoxy groups -OCH3 is 2. The van der Waals surface area contributed by atoms with E-state index < -0.39 is 11.7 Å². The molecule has 2 aromatic carbocycles. The van der Waals surface area contributed by atoms with Gasteiger partial charge >= 0.3 is 0 Å². The molecule has 1 aliphatic heterocycles. The summed E-state index contributed by atoms with van der Waals surface area (Å²) in [5.41, 5.74) is 0.947. The van der Waals surface area contributed by atoms with E-state index >= 15 is 0 Å². The van der Waals surface area contributed by atoms with Crippen molar-refractivity contribution in [3.05, 3.63) is 48.3 Å². The van der Waals surface area contributed by atoms with E-state index in [1.807, 2.05) is 0 Å². The third kappa shape index (κ3) is 3.61. The molecule has 0 saturated carbocycles. The Kier molecular flexibility index (Phi) is 5.06. The van der Waals surface area contributed by atoms with Crippen LogP contribution in [0.2, 0.25) is 0 Å². The van der Waals surface area contributed by atoms with E-state index in [0.29, 0.717) is 22.9 Å². The summed E-state index contributed by atoms with van der Waals surface area (Å²) in [7, 11) is 3.04. The van der Waals surface area contributed by atoms with Crippen molar-refractivity contribution in [1.82, 2.24) is 0 Å². The number of rotatable bonds is 5. The molecule has 0 bridgehead atoms. The molecule has 1 N–H and O–H groups in total. The number of carbonyl (C=O) groups excluding carboxylic acids is 2. The summed E-state index contributed by atoms with van der Waals surface area (Å²) in [6, 6.07) is 10.8. The second-order valence-electron chi connectivity index (χ2n) is 5.94. The third-order valence-electron chi connectivity index (χ3n) is 4.28. The van der Waals surface area contributed by atoms with Gasteiger partial charge in [-0.05, 0) is 30.3 Å². The molecule has 7 heteroatoms. The molecule has 1 heterocycles. The normalized spacial score (nSPS) is 16.5. The van der Waals surface area contributed by atoms with Crippen molar-refractivity contribution in [2.75, 3.05) is 31.0 Å². The predicted octanol–water partition coefficient (Wildman–Crippen LogP) is 2.83. The van der Waals surface area contributed by atoms with Crippen molar-refractivity contribution in [3.8, 4) is 11.5 Å². The molecule has 3 rings (SSSR count). The molecule has 136 valence electrons. The highest BCUT2D eigenvalue weighted by molar-refractivity contribution is 6.03. The van der Waals surface area contributed by atoms with Crippen molar-refractivity contribution >= 4 is 23.2 Å². The summed E-state index contributed by atoms with van der Waals surface area (Å²) >= 11 is 0. The highest BCUT2D eigenvalue weighted by Gasteiger charge is 2.35. The van der Waals surface area contributed by atoms with Gasteiger partial charge in [0.05, 0.1) is 25.8 Å². The lowest BCUT2D eigenvalue weighted by molar-refractivity contribution is -0.122. The van der Waals surface area contributed by atoms with Gasteiger partial charge in [-0.15, -0.1) is 0 Å². The summed E-state index contributed by atoms with van der Waals surface area (Å²) < 4.78 is 23.8. The smallest absolute Gasteiger partial charge is 0.229 e. The fourth-order valence-electron chi connectivity index (χ4n) is 2.91. The Morgan fingerprint density at radius 3 is 2.69 bits per heavy atom. The highest BCUT2D eigenvalue weighted by Crippen LogP contribution is 2.31. The second-order valence-corrected chi connectivity index (χ2v) is 5.94. The van der Waals surface area contributed by atoms with E-state index in [2.05, 4.69) is 5.32 Å². The minimum atomic E-state index is -0.530. The fourth-order valence-corrected chi connectivity index (χ4v) is 2.91. The molecule has 0 aromatic heterocycles. The number of hydrogen-bond acceptors (Lipinski definition) is 4. The van der Waals surface area contributed by atoms with Gasteiger partial charge in [0.25, 0.3) is 0 Å². The fraction of sp³-hybridized carbons (Fsp3) is 0.263. The zero-order chi connectivity index (χ0) is 18.7. The van der Waals surface area contributed by atoms with Crippen LogP contribution in [-0.4, -0.2) is 32.6 Å². The zero-order valence-corrected chi connectivity index (χ0v) is 14.5. The summed E-state index contributed by atoms with van der Waals surface area (Å²) in [5, 5.41) is 2.79. The average molecular weight is 358 g/mol. The summed E-state index contributed by atoms with van der Waals surface area (Å²) in [6.07, 6.45) is 0.0703. The Hall–Kier alpha value is -3.09. The van der Waals surface area contributed by atoms with Crippen LogP contribution in [0.4, 0.5) is 15.8 Å².